The van der Waals surface area contributed by atoms with Gasteiger partial charge in [-0.15, -0.1) is 6.58 Å². The van der Waals surface area contributed by atoms with Crippen LogP contribution in [0, 0.1) is 0 Å². The minimum Gasteiger partial charge on any atom is -0.361 e. The highest BCUT2D eigenvalue weighted by molar-refractivity contribution is 5.79. The Labute approximate surface area is 89.8 Å². The lowest BCUT2D eigenvalue weighted by atomic mass is 10.0. The summed E-state index contributed by atoms with van der Waals surface area (Å²) in [6.45, 7) is 5.89. The molecule has 1 heterocycles. The second-order valence-corrected chi connectivity index (χ2v) is 4.09. The molecule has 0 aliphatic heterocycles. The molecule has 1 aromatic carbocycles. The lowest BCUT2D eigenvalue weighted by molar-refractivity contribution is 0.718. The summed E-state index contributed by atoms with van der Waals surface area (Å²) in [5.74, 6) is 0. The van der Waals surface area contributed by atoms with E-state index in [2.05, 4.69) is 35.8 Å². The Balaban J connectivity index is 2.30. The van der Waals surface area contributed by atoms with Crippen LogP contribution in [0.4, 0.5) is 0 Å². The van der Waals surface area contributed by atoms with E-state index in [0.29, 0.717) is 0 Å². The Morgan fingerprint density at radius 3 is 3.00 bits per heavy atom. The molecule has 0 unspecified atom stereocenters. The van der Waals surface area contributed by atoms with Gasteiger partial charge in [0.1, 0.15) is 0 Å². The normalized spacial score (nSPS) is 12.9. The fraction of sp³-hybridized carbons (Fsp3) is 0.231. The van der Waals surface area contributed by atoms with Crippen molar-refractivity contribution in [1.29, 1.82) is 0 Å². The Bertz CT molecular complexity index is 482. The molecule has 2 heteroatoms. The molecule has 15 heavy (non-hydrogen) atoms. The third-order valence-electron chi connectivity index (χ3n) is 2.58. The number of H-pyrrole nitrogens is 1. The van der Waals surface area contributed by atoms with E-state index < -0.39 is 0 Å². The molecule has 1 atom stereocenters. The maximum atomic E-state index is 6.08. The Morgan fingerprint density at radius 1 is 1.47 bits per heavy atom. The highest BCUT2D eigenvalue weighted by Gasteiger charge is 2.06. The van der Waals surface area contributed by atoms with Crippen LogP contribution in [0.15, 0.2) is 42.6 Å². The van der Waals surface area contributed by atoms with Gasteiger partial charge in [-0.25, -0.2) is 0 Å². The van der Waals surface area contributed by atoms with Gasteiger partial charge in [-0.1, -0.05) is 17.7 Å². The molecule has 0 aliphatic rings. The number of hydrogen-bond donors (Lipinski definition) is 2. The number of benzene rings is 1. The number of hydrogen-bond acceptors (Lipinski definition) is 1. The van der Waals surface area contributed by atoms with E-state index in [9.17, 15) is 0 Å². The molecule has 2 aromatic rings. The van der Waals surface area contributed by atoms with Gasteiger partial charge >= 0.3 is 0 Å². The van der Waals surface area contributed by atoms with Crippen LogP contribution in [-0.4, -0.2) is 4.98 Å². The summed E-state index contributed by atoms with van der Waals surface area (Å²) in [7, 11) is 0. The largest absolute Gasteiger partial charge is 0.361 e. The van der Waals surface area contributed by atoms with Gasteiger partial charge in [-0.3, -0.25) is 0 Å². The second kappa shape index (κ2) is 3.91. The fourth-order valence-corrected chi connectivity index (χ4v) is 1.79. The molecule has 0 spiro atoms. The van der Waals surface area contributed by atoms with E-state index in [1.54, 1.807) is 0 Å². The van der Waals surface area contributed by atoms with Crippen LogP contribution < -0.4 is 5.73 Å². The molecule has 0 saturated carbocycles. The summed E-state index contributed by atoms with van der Waals surface area (Å²) in [6.07, 6.45) is 2.78. The summed E-state index contributed by atoms with van der Waals surface area (Å²) in [5, 5.41) is 1.22. The zero-order valence-electron chi connectivity index (χ0n) is 8.96. The van der Waals surface area contributed by atoms with E-state index in [0.717, 1.165) is 23.1 Å². The standard InChI is InChI=1S/C13H16N2/c1-9(2)7-12(14)11-4-3-10-5-6-15-13(10)8-11/h3-6,8,12,15H,1,7,14H2,2H3/t12-/m1/s1. The average molecular weight is 200 g/mol. The van der Waals surface area contributed by atoms with Crippen molar-refractivity contribution in [1.82, 2.24) is 4.98 Å². The van der Waals surface area contributed by atoms with Crippen molar-refractivity contribution in [3.8, 4) is 0 Å². The summed E-state index contributed by atoms with van der Waals surface area (Å²) in [4.78, 5) is 3.19. The zero-order chi connectivity index (χ0) is 10.8. The van der Waals surface area contributed by atoms with E-state index >= 15 is 0 Å². The van der Waals surface area contributed by atoms with Crippen LogP contribution in [-0.2, 0) is 0 Å². The topological polar surface area (TPSA) is 41.8 Å². The van der Waals surface area contributed by atoms with Gasteiger partial charge in [0.25, 0.3) is 0 Å². The highest BCUT2D eigenvalue weighted by atomic mass is 14.7. The van der Waals surface area contributed by atoms with Gasteiger partial charge in [0.05, 0.1) is 0 Å². The van der Waals surface area contributed by atoms with Gasteiger partial charge in [0.2, 0.25) is 0 Å². The minimum absolute atomic E-state index is 0.0511. The lowest BCUT2D eigenvalue weighted by Crippen LogP contribution is -2.10. The molecule has 0 amide bonds. The number of nitrogens with one attached hydrogen (secondary N) is 1. The Kier molecular flexibility index (Phi) is 2.60. The molecule has 0 saturated heterocycles. The van der Waals surface area contributed by atoms with Crippen LogP contribution in [0.25, 0.3) is 10.9 Å². The van der Waals surface area contributed by atoms with Gasteiger partial charge in [0.15, 0.2) is 0 Å². The Morgan fingerprint density at radius 2 is 2.27 bits per heavy atom. The number of aromatic amines is 1. The molecular formula is C13H16N2. The molecule has 0 aliphatic carbocycles. The summed E-state index contributed by atoms with van der Waals surface area (Å²) in [6, 6.07) is 8.41. The molecule has 0 radical (unpaired) electrons. The third-order valence-corrected chi connectivity index (χ3v) is 2.58. The number of aromatic nitrogens is 1. The first-order valence-corrected chi connectivity index (χ1v) is 5.14. The van der Waals surface area contributed by atoms with Crippen molar-refractivity contribution in [2.75, 3.05) is 0 Å². The maximum absolute atomic E-state index is 6.08. The molecule has 3 N–H and O–H groups in total. The predicted molar refractivity (Wildman–Crippen MR) is 64.7 cm³/mol. The zero-order valence-corrected chi connectivity index (χ0v) is 8.96. The molecule has 78 valence electrons. The summed E-state index contributed by atoms with van der Waals surface area (Å²) >= 11 is 0. The van der Waals surface area contributed by atoms with E-state index in [1.807, 2.05) is 13.1 Å². The molecule has 0 bridgehead atoms. The quantitative estimate of drug-likeness (QED) is 0.734. The molecule has 2 rings (SSSR count). The smallest absolute Gasteiger partial charge is 0.0457 e. The average Bonchev–Trinajstić information content (AvgIpc) is 2.62. The molecule has 0 fully saturated rings. The van der Waals surface area contributed by atoms with Crippen molar-refractivity contribution < 1.29 is 0 Å². The van der Waals surface area contributed by atoms with Crippen molar-refractivity contribution >= 4 is 10.9 Å². The molecule has 1 aromatic heterocycles. The molecular weight excluding hydrogens is 184 g/mol. The second-order valence-electron chi connectivity index (χ2n) is 4.09. The summed E-state index contributed by atoms with van der Waals surface area (Å²) in [5.41, 5.74) is 9.50. The van der Waals surface area contributed by atoms with Crippen LogP contribution in [0.2, 0.25) is 0 Å². The van der Waals surface area contributed by atoms with E-state index in [4.69, 9.17) is 5.73 Å². The first-order chi connectivity index (χ1) is 7.16. The van der Waals surface area contributed by atoms with E-state index in [-0.39, 0.29) is 6.04 Å². The van der Waals surface area contributed by atoms with Gasteiger partial charge in [-0.05, 0) is 36.4 Å². The highest BCUT2D eigenvalue weighted by Crippen LogP contribution is 2.21. The predicted octanol–water partition coefficient (Wildman–Crippen LogP) is 3.13. The number of nitrogens with two attached hydrogens (primary N) is 1. The van der Waals surface area contributed by atoms with Crippen LogP contribution >= 0.6 is 0 Å². The van der Waals surface area contributed by atoms with Crippen LogP contribution in [0.5, 0.6) is 0 Å². The monoisotopic (exact) mass is 200 g/mol. The van der Waals surface area contributed by atoms with Gasteiger partial charge in [0, 0.05) is 17.8 Å². The van der Waals surface area contributed by atoms with Crippen molar-refractivity contribution in [2.45, 2.75) is 19.4 Å². The van der Waals surface area contributed by atoms with Gasteiger partial charge < -0.3 is 10.7 Å². The maximum Gasteiger partial charge on any atom is 0.0457 e. The minimum atomic E-state index is 0.0511. The van der Waals surface area contributed by atoms with Crippen molar-refractivity contribution in [3.63, 3.8) is 0 Å². The van der Waals surface area contributed by atoms with E-state index in [1.165, 1.54) is 5.39 Å². The van der Waals surface area contributed by atoms with Crippen molar-refractivity contribution in [2.24, 2.45) is 5.73 Å². The third kappa shape index (κ3) is 2.10. The SMILES string of the molecule is C=C(C)C[C@@H](N)c1ccc2cc[nH]c2c1. The Hall–Kier alpha value is -1.54. The fourth-order valence-electron chi connectivity index (χ4n) is 1.79. The molecule has 2 nitrogen and oxygen atoms in total. The number of fused-ring (bicyclic) bond motifs is 1. The number of rotatable bonds is 3. The summed E-state index contributed by atoms with van der Waals surface area (Å²) < 4.78 is 0. The van der Waals surface area contributed by atoms with Gasteiger partial charge in [-0.2, -0.15) is 0 Å². The van der Waals surface area contributed by atoms with Crippen molar-refractivity contribution in [3.05, 3.63) is 48.2 Å². The lowest BCUT2D eigenvalue weighted by Gasteiger charge is -2.11. The first kappa shape index (κ1) is 9.99. The first-order valence-electron chi connectivity index (χ1n) is 5.14. The van der Waals surface area contributed by atoms with Crippen LogP contribution in [0.1, 0.15) is 24.9 Å². The van der Waals surface area contributed by atoms with Crippen LogP contribution in [0.3, 0.4) is 0 Å².